The van der Waals surface area contributed by atoms with E-state index in [1.54, 1.807) is 12.1 Å². The second-order valence-electron chi connectivity index (χ2n) is 8.61. The van der Waals surface area contributed by atoms with Crippen LogP contribution in [0.3, 0.4) is 0 Å². The van der Waals surface area contributed by atoms with Gasteiger partial charge in [0.05, 0.1) is 5.52 Å². The summed E-state index contributed by atoms with van der Waals surface area (Å²) in [5, 5.41) is 18.6. The number of hydrogen-bond acceptors (Lipinski definition) is 5. The van der Waals surface area contributed by atoms with E-state index in [-0.39, 0.29) is 11.6 Å². The lowest BCUT2D eigenvalue weighted by Crippen LogP contribution is -2.45. The van der Waals surface area contributed by atoms with Crippen molar-refractivity contribution in [1.82, 2.24) is 14.8 Å². The van der Waals surface area contributed by atoms with Crippen molar-refractivity contribution < 1.29 is 9.90 Å². The molecule has 0 aliphatic carbocycles. The molecule has 7 heteroatoms. The van der Waals surface area contributed by atoms with Crippen molar-refractivity contribution >= 4 is 22.5 Å². The number of benzene rings is 3. The van der Waals surface area contributed by atoms with Crippen LogP contribution >= 0.6 is 0 Å². The van der Waals surface area contributed by atoms with Gasteiger partial charge in [-0.15, -0.1) is 10.2 Å². The van der Waals surface area contributed by atoms with E-state index in [4.69, 9.17) is 0 Å². The highest BCUT2D eigenvalue weighted by Crippen LogP contribution is 2.35. The number of nitrogens with one attached hydrogen (secondary N) is 1. The molecule has 34 heavy (non-hydrogen) atoms. The van der Waals surface area contributed by atoms with Gasteiger partial charge in [0.15, 0.2) is 5.69 Å². The molecule has 0 saturated carbocycles. The molecule has 1 aliphatic heterocycles. The number of amides is 1. The Morgan fingerprint density at radius 1 is 0.794 bits per heavy atom. The molecule has 1 aromatic heterocycles. The molecular weight excluding hydrogens is 426 g/mol. The van der Waals surface area contributed by atoms with Gasteiger partial charge in [-0.05, 0) is 29.3 Å². The van der Waals surface area contributed by atoms with E-state index in [1.165, 1.54) is 11.1 Å². The Kier molecular flexibility index (Phi) is 6.46. The predicted octanol–water partition coefficient (Wildman–Crippen LogP) is 5.12. The molecule has 2 heterocycles. The smallest absolute Gasteiger partial charge is 0.295 e. The first-order valence-corrected chi connectivity index (χ1v) is 11.5. The second-order valence-corrected chi connectivity index (χ2v) is 8.61. The van der Waals surface area contributed by atoms with Gasteiger partial charge < -0.3 is 10.1 Å². The number of aromatic amines is 1. The Morgan fingerprint density at radius 2 is 1.38 bits per heavy atom. The molecule has 0 radical (unpaired) electrons. The van der Waals surface area contributed by atoms with Crippen LogP contribution in [0.4, 0.5) is 5.69 Å². The molecule has 3 aromatic carbocycles. The highest BCUT2D eigenvalue weighted by molar-refractivity contribution is 5.96. The predicted molar refractivity (Wildman–Crippen MR) is 132 cm³/mol. The topological polar surface area (TPSA) is 84.3 Å². The van der Waals surface area contributed by atoms with Crippen molar-refractivity contribution in [2.45, 2.75) is 13.1 Å². The van der Waals surface area contributed by atoms with Crippen LogP contribution in [0.5, 0.6) is 5.88 Å². The van der Waals surface area contributed by atoms with Crippen molar-refractivity contribution in [2.75, 3.05) is 26.2 Å². The molecular formula is C27H27N5O2. The molecule has 172 valence electrons. The zero-order valence-electron chi connectivity index (χ0n) is 18.9. The zero-order chi connectivity index (χ0) is 23.3. The maximum Gasteiger partial charge on any atom is 0.295 e. The molecule has 1 aliphatic rings. The van der Waals surface area contributed by atoms with Gasteiger partial charge in [-0.3, -0.25) is 14.6 Å². The van der Waals surface area contributed by atoms with Crippen molar-refractivity contribution in [1.29, 1.82) is 0 Å². The Bertz CT molecular complexity index is 1290. The number of aromatic hydroxyl groups is 1. The Morgan fingerprint density at radius 3 is 2.06 bits per heavy atom. The highest BCUT2D eigenvalue weighted by Gasteiger charge is 2.17. The maximum atomic E-state index is 12.5. The van der Waals surface area contributed by atoms with Gasteiger partial charge in [-0.25, -0.2) is 0 Å². The van der Waals surface area contributed by atoms with E-state index < -0.39 is 5.91 Å². The number of H-pyrrole nitrogens is 1. The van der Waals surface area contributed by atoms with Crippen LogP contribution in [0, 0.1) is 0 Å². The van der Waals surface area contributed by atoms with Crippen LogP contribution in [-0.2, 0) is 13.1 Å². The lowest BCUT2D eigenvalue weighted by atomic mass is 10.1. The van der Waals surface area contributed by atoms with Gasteiger partial charge in [0.2, 0.25) is 5.88 Å². The number of aromatic nitrogens is 1. The Hall–Kier alpha value is -3.81. The SMILES string of the molecule is O=C(N=Nc1c(O)[nH]c2ccccc12)c1ccc(CN2CCN(Cc3ccccc3)CC2)cc1. The van der Waals surface area contributed by atoms with Gasteiger partial charge in [0.1, 0.15) is 0 Å². The summed E-state index contributed by atoms with van der Waals surface area (Å²) in [5.74, 6) is -0.539. The summed E-state index contributed by atoms with van der Waals surface area (Å²) in [7, 11) is 0. The first-order valence-electron chi connectivity index (χ1n) is 11.5. The van der Waals surface area contributed by atoms with E-state index in [2.05, 4.69) is 55.3 Å². The lowest BCUT2D eigenvalue weighted by molar-refractivity contribution is 0.0995. The molecule has 5 rings (SSSR count). The number of nitrogens with zero attached hydrogens (tertiary/aromatic N) is 4. The van der Waals surface area contributed by atoms with Gasteiger partial charge in [0, 0.05) is 50.2 Å². The molecule has 1 fully saturated rings. The van der Waals surface area contributed by atoms with E-state index >= 15 is 0 Å². The van der Waals surface area contributed by atoms with E-state index in [9.17, 15) is 9.90 Å². The average Bonchev–Trinajstić information content (AvgIpc) is 3.19. The van der Waals surface area contributed by atoms with Crippen molar-refractivity contribution in [3.63, 3.8) is 0 Å². The average molecular weight is 454 g/mol. The number of azo groups is 1. The molecule has 7 nitrogen and oxygen atoms in total. The monoisotopic (exact) mass is 453 g/mol. The van der Waals surface area contributed by atoms with E-state index in [0.717, 1.165) is 50.2 Å². The van der Waals surface area contributed by atoms with Crippen molar-refractivity contribution in [3.05, 3.63) is 95.6 Å². The minimum absolute atomic E-state index is 0.100. The summed E-state index contributed by atoms with van der Waals surface area (Å²) in [5.41, 5.74) is 4.01. The van der Waals surface area contributed by atoms with Gasteiger partial charge >= 0.3 is 0 Å². The largest absolute Gasteiger partial charge is 0.493 e. The fraction of sp³-hybridized carbons (Fsp3) is 0.222. The van der Waals surface area contributed by atoms with Gasteiger partial charge in [0.25, 0.3) is 5.91 Å². The third kappa shape index (κ3) is 5.06. The molecule has 1 amide bonds. The standard InChI is InChI=1S/C27H27N5O2/c33-26(30-29-25-23-8-4-5-9-24(23)28-27(25)34)22-12-10-21(11-13-22)19-32-16-14-31(15-17-32)18-20-6-2-1-3-7-20/h1-13,28,34H,14-19H2. The Balaban J connectivity index is 1.15. The number of piperazine rings is 1. The number of hydrogen-bond donors (Lipinski definition) is 2. The fourth-order valence-electron chi connectivity index (χ4n) is 4.33. The minimum atomic E-state index is -0.439. The van der Waals surface area contributed by atoms with E-state index in [1.807, 2.05) is 36.4 Å². The van der Waals surface area contributed by atoms with Crippen LogP contribution in [0.25, 0.3) is 10.9 Å². The molecule has 0 spiro atoms. The third-order valence-electron chi connectivity index (χ3n) is 6.22. The first-order chi connectivity index (χ1) is 16.7. The fourth-order valence-corrected chi connectivity index (χ4v) is 4.33. The van der Waals surface area contributed by atoms with Crippen LogP contribution < -0.4 is 0 Å². The molecule has 2 N–H and O–H groups in total. The van der Waals surface area contributed by atoms with Crippen LogP contribution in [-0.4, -0.2) is 52.0 Å². The van der Waals surface area contributed by atoms with Crippen molar-refractivity contribution in [3.8, 4) is 5.88 Å². The van der Waals surface area contributed by atoms with E-state index in [0.29, 0.717) is 5.56 Å². The minimum Gasteiger partial charge on any atom is -0.493 e. The number of para-hydroxylation sites is 1. The molecule has 4 aromatic rings. The number of rotatable bonds is 6. The molecule has 1 saturated heterocycles. The van der Waals surface area contributed by atoms with Crippen LogP contribution in [0.2, 0.25) is 0 Å². The summed E-state index contributed by atoms with van der Waals surface area (Å²) >= 11 is 0. The second kappa shape index (κ2) is 9.99. The molecule has 0 bridgehead atoms. The van der Waals surface area contributed by atoms with Crippen LogP contribution in [0.15, 0.2) is 89.1 Å². The maximum absolute atomic E-state index is 12.5. The summed E-state index contributed by atoms with van der Waals surface area (Å²) < 4.78 is 0. The Labute approximate surface area is 198 Å². The lowest BCUT2D eigenvalue weighted by Gasteiger charge is -2.34. The summed E-state index contributed by atoms with van der Waals surface area (Å²) in [6.45, 7) is 6.00. The third-order valence-corrected chi connectivity index (χ3v) is 6.22. The molecule has 0 unspecified atom stereocenters. The van der Waals surface area contributed by atoms with Gasteiger partial charge in [-0.1, -0.05) is 60.7 Å². The summed E-state index contributed by atoms with van der Waals surface area (Å²) in [6, 6.07) is 25.5. The first kappa shape index (κ1) is 22.0. The quantitative estimate of drug-likeness (QED) is 0.397. The zero-order valence-corrected chi connectivity index (χ0v) is 18.9. The van der Waals surface area contributed by atoms with Crippen LogP contribution in [0.1, 0.15) is 21.5 Å². The normalized spacial score (nSPS) is 15.3. The number of fused-ring (bicyclic) bond motifs is 1. The highest BCUT2D eigenvalue weighted by atomic mass is 16.3. The number of carbonyl (C=O) groups is 1. The summed E-state index contributed by atoms with van der Waals surface area (Å²) in [4.78, 5) is 20.3. The number of carbonyl (C=O) groups excluding carboxylic acids is 1. The van der Waals surface area contributed by atoms with Crippen molar-refractivity contribution in [2.24, 2.45) is 10.2 Å². The van der Waals surface area contributed by atoms with Gasteiger partial charge in [-0.2, -0.15) is 0 Å². The molecule has 0 atom stereocenters. The summed E-state index contributed by atoms with van der Waals surface area (Å²) in [6.07, 6.45) is 0.